The number of ether oxygens (including phenoxy) is 1. The van der Waals surface area contributed by atoms with Gasteiger partial charge in [0.05, 0.1) is 28.5 Å². The maximum absolute atomic E-state index is 16.0. The predicted octanol–water partition coefficient (Wildman–Crippen LogP) is 6.25. The molecular weight excluding hydrogens is 675 g/mol. The highest BCUT2D eigenvalue weighted by Crippen LogP contribution is 2.44. The molecule has 0 bridgehead atoms. The Bertz CT molecular complexity index is 1850. The van der Waals surface area contributed by atoms with Gasteiger partial charge in [-0.3, -0.25) is 9.36 Å². The molecule has 2 aromatic heterocycles. The van der Waals surface area contributed by atoms with E-state index in [2.05, 4.69) is 21.9 Å². The zero-order chi connectivity index (χ0) is 36.1. The highest BCUT2D eigenvalue weighted by molar-refractivity contribution is 7.91. The molecule has 1 unspecified atom stereocenters. The number of unbranched alkanes of at least 4 members (excludes halogenated alkanes) is 1. The number of benzene rings is 1. The molecule has 2 aliphatic rings. The van der Waals surface area contributed by atoms with Gasteiger partial charge in [0.2, 0.25) is 0 Å². The number of pyridine rings is 1. The maximum atomic E-state index is 16.0. The van der Waals surface area contributed by atoms with E-state index in [1.807, 2.05) is 6.08 Å². The highest BCUT2D eigenvalue weighted by atomic mass is 32.2. The van der Waals surface area contributed by atoms with Crippen molar-refractivity contribution in [3.63, 3.8) is 0 Å². The summed E-state index contributed by atoms with van der Waals surface area (Å²) in [7, 11) is -3.19. The predicted molar refractivity (Wildman–Crippen MR) is 184 cm³/mol. The first-order chi connectivity index (χ1) is 23.8. The number of aromatic nitrogens is 3. The minimum atomic E-state index is -3.53. The molecule has 2 fully saturated rings. The Hall–Kier alpha value is -3.98. The average molecular weight is 720 g/mol. The number of likely N-dealkylation sites (tertiary alicyclic amines) is 1. The Kier molecular flexibility index (Phi) is 11.9. The van der Waals surface area contributed by atoms with Crippen molar-refractivity contribution in [1.29, 1.82) is 0 Å². The minimum absolute atomic E-state index is 0.0171. The summed E-state index contributed by atoms with van der Waals surface area (Å²) in [6.07, 6.45) is 4.50. The molecule has 1 aromatic carbocycles. The van der Waals surface area contributed by atoms with Crippen molar-refractivity contribution in [1.82, 2.24) is 19.4 Å². The van der Waals surface area contributed by atoms with Crippen LogP contribution in [0.1, 0.15) is 80.5 Å². The smallest absolute Gasteiger partial charge is 0.407 e. The van der Waals surface area contributed by atoms with Crippen LogP contribution in [0.2, 0.25) is 0 Å². The van der Waals surface area contributed by atoms with Crippen molar-refractivity contribution < 1.29 is 36.2 Å². The number of hydrogen-bond donors (Lipinski definition) is 2. The van der Waals surface area contributed by atoms with Crippen molar-refractivity contribution in [3.05, 3.63) is 76.1 Å². The lowest BCUT2D eigenvalue weighted by Gasteiger charge is -2.35. The van der Waals surface area contributed by atoms with Crippen molar-refractivity contribution in [2.45, 2.75) is 76.3 Å². The maximum Gasteiger partial charge on any atom is 0.407 e. The van der Waals surface area contributed by atoms with Gasteiger partial charge in [0, 0.05) is 49.9 Å². The van der Waals surface area contributed by atoms with E-state index in [-0.39, 0.29) is 66.8 Å². The largest absolute Gasteiger partial charge is 0.465 e. The highest BCUT2D eigenvalue weighted by Gasteiger charge is 2.45. The number of alkyl halides is 2. The number of carbonyl (C=O) groups is 1. The number of carboxylic acid groups (broad SMARTS) is 1. The van der Waals surface area contributed by atoms with E-state index in [4.69, 9.17) is 4.74 Å². The number of nitrogens with zero attached hydrogens (tertiary/aromatic N) is 4. The number of anilines is 1. The van der Waals surface area contributed by atoms with Crippen LogP contribution < -0.4 is 10.9 Å². The van der Waals surface area contributed by atoms with E-state index in [9.17, 15) is 23.1 Å². The standard InChI is InChI=1S/C35H44F3N5O6S/c1-3-4-5-17-49-18-7-14-43-32-28(21-27(33(43)44)24-12-19-50(47,48)20-13-24)31(39-22-40-32)41-23(2)26-8-6-9-29(30(26)36)35(37,38)25-10-15-42(16-11-25)34(45)46/h3,6,8-9,21-25H,1,4-5,7,10-20H2,2H3,(H,45,46)(H,39,40,41). The molecule has 4 heterocycles. The lowest BCUT2D eigenvalue weighted by Crippen LogP contribution is -2.42. The van der Waals surface area contributed by atoms with Crippen LogP contribution in [-0.2, 0) is 27.0 Å². The molecule has 5 rings (SSSR count). The van der Waals surface area contributed by atoms with Crippen LogP contribution >= 0.6 is 0 Å². The fourth-order valence-corrected chi connectivity index (χ4v) is 8.35. The van der Waals surface area contributed by atoms with Crippen molar-refractivity contribution in [2.75, 3.05) is 43.1 Å². The third kappa shape index (κ3) is 8.31. The SMILES string of the molecule is C=CCCCOCCCn1c(=O)c(C2CCS(=O)(=O)CC2)cc2c(NC(C)c3cccc(C(F)(F)C4CCN(C(=O)O)CC4)c3F)ncnc21. The van der Waals surface area contributed by atoms with Gasteiger partial charge in [-0.25, -0.2) is 36.4 Å². The molecule has 11 nitrogen and oxygen atoms in total. The van der Waals surface area contributed by atoms with Crippen LogP contribution in [-0.4, -0.2) is 76.9 Å². The molecule has 2 aliphatic heterocycles. The number of halogens is 3. The number of nitrogens with one attached hydrogen (secondary N) is 1. The molecule has 1 amide bonds. The van der Waals surface area contributed by atoms with Gasteiger partial charge in [-0.2, -0.15) is 0 Å². The molecule has 50 heavy (non-hydrogen) atoms. The molecular formula is C35H44F3N5O6S. The summed E-state index contributed by atoms with van der Waals surface area (Å²) < 4.78 is 79.1. The van der Waals surface area contributed by atoms with E-state index in [0.29, 0.717) is 49.1 Å². The molecule has 0 spiro atoms. The third-order valence-corrected chi connectivity index (χ3v) is 11.5. The quantitative estimate of drug-likeness (QED) is 0.146. The van der Waals surface area contributed by atoms with Crippen LogP contribution in [0.4, 0.5) is 23.8 Å². The molecule has 15 heteroatoms. The lowest BCUT2D eigenvalue weighted by atomic mass is 9.85. The fraction of sp³-hybridized carbons (Fsp3) is 0.543. The molecule has 2 saturated heterocycles. The lowest BCUT2D eigenvalue weighted by molar-refractivity contribution is -0.0861. The van der Waals surface area contributed by atoms with Gasteiger partial charge in [0.1, 0.15) is 33.4 Å². The summed E-state index contributed by atoms with van der Waals surface area (Å²) in [6, 6.07) is 4.68. The van der Waals surface area contributed by atoms with Crippen molar-refractivity contribution in [2.24, 2.45) is 5.92 Å². The molecule has 0 aliphatic carbocycles. The van der Waals surface area contributed by atoms with E-state index in [1.165, 1.54) is 23.0 Å². The van der Waals surface area contributed by atoms with Gasteiger partial charge >= 0.3 is 6.09 Å². The molecule has 3 aromatic rings. The van der Waals surface area contributed by atoms with Crippen LogP contribution in [0.3, 0.4) is 0 Å². The first-order valence-corrected chi connectivity index (χ1v) is 18.8. The van der Waals surface area contributed by atoms with Gasteiger partial charge in [-0.1, -0.05) is 24.3 Å². The number of sulfone groups is 1. The first kappa shape index (κ1) is 37.3. The molecule has 0 saturated carbocycles. The molecule has 1 atom stereocenters. The van der Waals surface area contributed by atoms with E-state index in [0.717, 1.165) is 23.8 Å². The van der Waals surface area contributed by atoms with E-state index in [1.54, 1.807) is 13.0 Å². The van der Waals surface area contributed by atoms with Gasteiger partial charge < -0.3 is 20.1 Å². The van der Waals surface area contributed by atoms with Crippen LogP contribution in [0.15, 0.2) is 48.0 Å². The Morgan fingerprint density at radius 3 is 2.54 bits per heavy atom. The van der Waals surface area contributed by atoms with Crippen LogP contribution in [0.5, 0.6) is 0 Å². The monoisotopic (exact) mass is 719 g/mol. The first-order valence-electron chi connectivity index (χ1n) is 17.0. The number of hydrogen-bond acceptors (Lipinski definition) is 8. The van der Waals surface area contributed by atoms with Crippen LogP contribution in [0, 0.1) is 11.7 Å². The summed E-state index contributed by atoms with van der Waals surface area (Å²) >= 11 is 0. The normalized spacial score (nSPS) is 17.9. The second-order valence-electron chi connectivity index (χ2n) is 13.1. The Balaban J connectivity index is 1.44. The van der Waals surface area contributed by atoms with Crippen LogP contribution in [0.25, 0.3) is 11.0 Å². The van der Waals surface area contributed by atoms with Gasteiger partial charge in [-0.15, -0.1) is 6.58 Å². The summed E-state index contributed by atoms with van der Waals surface area (Å²) in [5.74, 6) is -5.91. The van der Waals surface area contributed by atoms with Gasteiger partial charge in [-0.05, 0) is 63.9 Å². The summed E-state index contributed by atoms with van der Waals surface area (Å²) in [5, 5.41) is 12.8. The second-order valence-corrected chi connectivity index (χ2v) is 15.4. The fourth-order valence-electron chi connectivity index (χ4n) is 6.85. The number of amides is 1. The van der Waals surface area contributed by atoms with Gasteiger partial charge in [0.15, 0.2) is 0 Å². The van der Waals surface area contributed by atoms with Crippen molar-refractivity contribution in [3.8, 4) is 0 Å². The average Bonchev–Trinajstić information content (AvgIpc) is 3.08. The molecule has 2 N–H and O–H groups in total. The zero-order valence-electron chi connectivity index (χ0n) is 28.1. The summed E-state index contributed by atoms with van der Waals surface area (Å²) in [5.41, 5.74) is -0.281. The number of fused-ring (bicyclic) bond motifs is 1. The summed E-state index contributed by atoms with van der Waals surface area (Å²) in [4.78, 5) is 35.0. The molecule has 0 radical (unpaired) electrons. The zero-order valence-corrected chi connectivity index (χ0v) is 28.9. The number of allylic oxidation sites excluding steroid dienone is 1. The van der Waals surface area contributed by atoms with E-state index >= 15 is 13.2 Å². The van der Waals surface area contributed by atoms with E-state index < -0.39 is 45.2 Å². The Labute approximate surface area is 289 Å². The number of piperidine rings is 1. The minimum Gasteiger partial charge on any atom is -0.465 e. The second kappa shape index (κ2) is 15.9. The topological polar surface area (TPSA) is 144 Å². The number of rotatable bonds is 14. The van der Waals surface area contributed by atoms with Crippen molar-refractivity contribution >= 4 is 32.8 Å². The molecule has 272 valence electrons. The summed E-state index contributed by atoms with van der Waals surface area (Å²) in [6.45, 7) is 6.45. The number of aryl methyl sites for hydroxylation is 1. The Morgan fingerprint density at radius 1 is 1.16 bits per heavy atom. The van der Waals surface area contributed by atoms with Gasteiger partial charge in [0.25, 0.3) is 11.5 Å². The third-order valence-electron chi connectivity index (χ3n) is 9.76. The Morgan fingerprint density at radius 2 is 1.86 bits per heavy atom.